The van der Waals surface area contributed by atoms with E-state index in [2.05, 4.69) is 71.1 Å². The summed E-state index contributed by atoms with van der Waals surface area (Å²) in [5.74, 6) is 0. The molecular formula is C17H27N. The van der Waals surface area contributed by atoms with Crippen molar-refractivity contribution >= 4 is 0 Å². The highest BCUT2D eigenvalue weighted by molar-refractivity contribution is 5.39. The van der Waals surface area contributed by atoms with E-state index in [0.717, 1.165) is 13.0 Å². The van der Waals surface area contributed by atoms with Crippen LogP contribution in [0.3, 0.4) is 0 Å². The van der Waals surface area contributed by atoms with Crippen LogP contribution < -0.4 is 5.32 Å². The van der Waals surface area contributed by atoms with E-state index in [1.165, 1.54) is 11.1 Å². The number of benzene rings is 1. The summed E-state index contributed by atoms with van der Waals surface area (Å²) in [6.07, 6.45) is 1.14. The van der Waals surface area contributed by atoms with Crippen LogP contribution in [0, 0.1) is 10.8 Å². The highest BCUT2D eigenvalue weighted by Gasteiger charge is 2.53. The van der Waals surface area contributed by atoms with Crippen LogP contribution >= 0.6 is 0 Å². The third kappa shape index (κ3) is 1.80. The smallest absolute Gasteiger partial charge is 0.0535 e. The van der Waals surface area contributed by atoms with Gasteiger partial charge >= 0.3 is 0 Å². The van der Waals surface area contributed by atoms with Crippen LogP contribution in [0.15, 0.2) is 24.3 Å². The van der Waals surface area contributed by atoms with Crippen molar-refractivity contribution in [2.75, 3.05) is 6.54 Å². The van der Waals surface area contributed by atoms with Crippen LogP contribution in [0.1, 0.15) is 52.7 Å². The minimum atomic E-state index is 0.0366. The van der Waals surface area contributed by atoms with Crippen molar-refractivity contribution in [2.24, 2.45) is 10.8 Å². The molecule has 0 saturated carbocycles. The van der Waals surface area contributed by atoms with Crippen LogP contribution in [0.25, 0.3) is 0 Å². The molecule has 0 bridgehead atoms. The molecule has 2 rings (SSSR count). The van der Waals surface area contributed by atoms with Gasteiger partial charge in [-0.05, 0) is 28.4 Å². The lowest BCUT2D eigenvalue weighted by atomic mass is 9.55. The highest BCUT2D eigenvalue weighted by atomic mass is 15.0. The van der Waals surface area contributed by atoms with E-state index in [9.17, 15) is 0 Å². The van der Waals surface area contributed by atoms with E-state index in [-0.39, 0.29) is 16.4 Å². The third-order valence-electron chi connectivity index (χ3n) is 4.46. The average Bonchev–Trinajstić information content (AvgIpc) is 2.25. The molecule has 0 fully saturated rings. The maximum atomic E-state index is 3.87. The molecule has 1 heterocycles. The first-order chi connectivity index (χ1) is 8.20. The molecule has 18 heavy (non-hydrogen) atoms. The van der Waals surface area contributed by atoms with Gasteiger partial charge in [-0.1, -0.05) is 65.8 Å². The van der Waals surface area contributed by atoms with Gasteiger partial charge in [0, 0.05) is 6.54 Å². The molecule has 1 aromatic rings. The summed E-state index contributed by atoms with van der Waals surface area (Å²) in [6.45, 7) is 15.2. The second-order valence-electron chi connectivity index (χ2n) is 7.58. The summed E-state index contributed by atoms with van der Waals surface area (Å²) in [6, 6.07) is 8.96. The Balaban J connectivity index is 2.72. The third-order valence-corrected chi connectivity index (χ3v) is 4.46. The first-order valence-electron chi connectivity index (χ1n) is 7.03. The van der Waals surface area contributed by atoms with Gasteiger partial charge in [0.15, 0.2) is 0 Å². The fourth-order valence-corrected chi connectivity index (χ4v) is 4.05. The molecule has 1 N–H and O–H groups in total. The Morgan fingerprint density at radius 1 is 0.944 bits per heavy atom. The van der Waals surface area contributed by atoms with Gasteiger partial charge < -0.3 is 5.32 Å². The predicted molar refractivity (Wildman–Crippen MR) is 78.7 cm³/mol. The van der Waals surface area contributed by atoms with Crippen molar-refractivity contribution in [2.45, 2.75) is 53.5 Å². The molecule has 0 spiro atoms. The molecule has 0 aromatic heterocycles. The second-order valence-corrected chi connectivity index (χ2v) is 7.58. The summed E-state index contributed by atoms with van der Waals surface area (Å²) in [5, 5.41) is 3.87. The molecule has 0 aliphatic carbocycles. The Bertz CT molecular complexity index is 418. The van der Waals surface area contributed by atoms with Gasteiger partial charge in [-0.2, -0.15) is 0 Å². The molecule has 1 heteroatoms. The highest BCUT2D eigenvalue weighted by Crippen LogP contribution is 2.53. The summed E-state index contributed by atoms with van der Waals surface area (Å²) >= 11 is 0. The van der Waals surface area contributed by atoms with Crippen molar-refractivity contribution in [1.29, 1.82) is 0 Å². The van der Waals surface area contributed by atoms with Crippen molar-refractivity contribution in [3.8, 4) is 0 Å². The van der Waals surface area contributed by atoms with Crippen LogP contribution in [0.2, 0.25) is 0 Å². The monoisotopic (exact) mass is 245 g/mol. The number of nitrogens with one attached hydrogen (secondary N) is 1. The fraction of sp³-hybridized carbons (Fsp3) is 0.647. The van der Waals surface area contributed by atoms with Gasteiger partial charge in [0.25, 0.3) is 0 Å². The summed E-state index contributed by atoms with van der Waals surface area (Å²) in [5.41, 5.74) is 3.41. The normalized spacial score (nSPS) is 19.4. The summed E-state index contributed by atoms with van der Waals surface area (Å²) in [7, 11) is 0. The fourth-order valence-electron chi connectivity index (χ4n) is 4.05. The van der Waals surface area contributed by atoms with Gasteiger partial charge in [0.05, 0.1) is 5.54 Å². The number of fused-ring (bicyclic) bond motifs is 1. The van der Waals surface area contributed by atoms with Gasteiger partial charge in [0.1, 0.15) is 0 Å². The number of rotatable bonds is 0. The maximum Gasteiger partial charge on any atom is 0.0535 e. The lowest BCUT2D eigenvalue weighted by Gasteiger charge is -2.57. The van der Waals surface area contributed by atoms with Crippen molar-refractivity contribution < 1.29 is 0 Å². The van der Waals surface area contributed by atoms with Crippen LogP contribution in [-0.4, -0.2) is 6.54 Å². The first kappa shape index (κ1) is 13.6. The zero-order chi connectivity index (χ0) is 13.6. The Morgan fingerprint density at radius 2 is 1.50 bits per heavy atom. The van der Waals surface area contributed by atoms with E-state index in [1.54, 1.807) is 0 Å². The van der Waals surface area contributed by atoms with Crippen LogP contribution in [0.5, 0.6) is 0 Å². The van der Waals surface area contributed by atoms with E-state index in [4.69, 9.17) is 0 Å². The van der Waals surface area contributed by atoms with Crippen molar-refractivity contribution in [3.63, 3.8) is 0 Å². The SMILES string of the molecule is CC(C)(C)C1(C(C)(C)C)NCCc2ccccc21. The molecule has 0 saturated heterocycles. The molecule has 1 aliphatic rings. The predicted octanol–water partition coefficient (Wildman–Crippen LogP) is 4.12. The second kappa shape index (κ2) is 4.09. The number of hydrogen-bond donors (Lipinski definition) is 1. The molecule has 100 valence electrons. The minimum Gasteiger partial charge on any atom is -0.306 e. The van der Waals surface area contributed by atoms with Crippen LogP contribution in [-0.2, 0) is 12.0 Å². The van der Waals surface area contributed by atoms with Gasteiger partial charge in [-0.15, -0.1) is 0 Å². The number of hydrogen-bond acceptors (Lipinski definition) is 1. The van der Waals surface area contributed by atoms with E-state index >= 15 is 0 Å². The van der Waals surface area contributed by atoms with Crippen molar-refractivity contribution in [3.05, 3.63) is 35.4 Å². The lowest BCUT2D eigenvalue weighted by Crippen LogP contribution is -2.62. The standard InChI is InChI=1S/C17H27N/c1-15(2,3)17(16(4,5)6)14-10-8-7-9-13(14)11-12-18-17/h7-10,18H,11-12H2,1-6H3. The Morgan fingerprint density at radius 3 is 2.06 bits per heavy atom. The van der Waals surface area contributed by atoms with E-state index < -0.39 is 0 Å². The molecule has 1 aromatic carbocycles. The Labute approximate surface area is 112 Å². The Hall–Kier alpha value is -0.820. The topological polar surface area (TPSA) is 12.0 Å². The lowest BCUT2D eigenvalue weighted by molar-refractivity contribution is 0.0113. The molecular weight excluding hydrogens is 218 g/mol. The Kier molecular flexibility index (Phi) is 3.09. The zero-order valence-electron chi connectivity index (χ0n) is 12.7. The molecule has 0 atom stereocenters. The van der Waals surface area contributed by atoms with E-state index in [0.29, 0.717) is 0 Å². The molecule has 0 unspecified atom stereocenters. The van der Waals surface area contributed by atoms with Gasteiger partial charge in [0.2, 0.25) is 0 Å². The quantitative estimate of drug-likeness (QED) is 0.725. The first-order valence-corrected chi connectivity index (χ1v) is 7.03. The zero-order valence-corrected chi connectivity index (χ0v) is 12.7. The van der Waals surface area contributed by atoms with Crippen molar-refractivity contribution in [1.82, 2.24) is 5.32 Å². The molecule has 1 nitrogen and oxygen atoms in total. The average molecular weight is 245 g/mol. The summed E-state index contributed by atoms with van der Waals surface area (Å²) < 4.78 is 0. The van der Waals surface area contributed by atoms with Gasteiger partial charge in [-0.25, -0.2) is 0 Å². The molecule has 1 aliphatic heterocycles. The largest absolute Gasteiger partial charge is 0.306 e. The summed E-state index contributed by atoms with van der Waals surface area (Å²) in [4.78, 5) is 0. The van der Waals surface area contributed by atoms with Gasteiger partial charge in [-0.3, -0.25) is 0 Å². The minimum absolute atomic E-state index is 0.0366. The van der Waals surface area contributed by atoms with Crippen LogP contribution in [0.4, 0.5) is 0 Å². The maximum absolute atomic E-state index is 3.87. The van der Waals surface area contributed by atoms with E-state index in [1.807, 2.05) is 0 Å². The molecule has 0 amide bonds. The molecule has 0 radical (unpaired) electrons.